The first kappa shape index (κ1) is 15.3. The maximum atomic E-state index is 12.8. The van der Waals surface area contributed by atoms with Gasteiger partial charge in [0.2, 0.25) is 11.0 Å². The topological polar surface area (TPSA) is 106 Å². The molecule has 0 radical (unpaired) electrons. The SMILES string of the molecule is COC(=O)C1(O)c2c(oc3cccc(O)c3c2=O)C=CC1OC. The van der Waals surface area contributed by atoms with Gasteiger partial charge >= 0.3 is 5.97 Å². The average Bonchev–Trinajstić information content (AvgIpc) is 2.54. The number of benzene rings is 1. The van der Waals surface area contributed by atoms with Gasteiger partial charge in [-0.25, -0.2) is 4.79 Å². The summed E-state index contributed by atoms with van der Waals surface area (Å²) < 4.78 is 15.3. The molecule has 23 heavy (non-hydrogen) atoms. The van der Waals surface area contributed by atoms with Crippen LogP contribution in [-0.4, -0.2) is 36.5 Å². The molecule has 3 rings (SSSR count). The number of ether oxygens (including phenoxy) is 2. The van der Waals surface area contributed by atoms with E-state index in [1.165, 1.54) is 37.5 Å². The second-order valence-corrected chi connectivity index (χ2v) is 5.09. The van der Waals surface area contributed by atoms with Gasteiger partial charge in [-0.3, -0.25) is 4.79 Å². The lowest BCUT2D eigenvalue weighted by Crippen LogP contribution is -2.52. The molecule has 1 aromatic carbocycles. The Morgan fingerprint density at radius 2 is 2.09 bits per heavy atom. The zero-order valence-electron chi connectivity index (χ0n) is 12.4. The molecule has 2 atom stereocenters. The summed E-state index contributed by atoms with van der Waals surface area (Å²) in [4.78, 5) is 25.0. The first-order chi connectivity index (χ1) is 10.9. The predicted molar refractivity (Wildman–Crippen MR) is 79.9 cm³/mol. The Morgan fingerprint density at radius 3 is 2.74 bits per heavy atom. The van der Waals surface area contributed by atoms with Gasteiger partial charge in [-0.2, -0.15) is 0 Å². The number of carbonyl (C=O) groups is 1. The minimum absolute atomic E-state index is 0.00861. The molecule has 0 bridgehead atoms. The van der Waals surface area contributed by atoms with E-state index in [0.717, 1.165) is 7.11 Å². The maximum absolute atomic E-state index is 12.8. The zero-order valence-corrected chi connectivity index (χ0v) is 12.4. The summed E-state index contributed by atoms with van der Waals surface area (Å²) >= 11 is 0. The third-order valence-corrected chi connectivity index (χ3v) is 3.89. The monoisotopic (exact) mass is 318 g/mol. The van der Waals surface area contributed by atoms with Crippen molar-refractivity contribution in [2.75, 3.05) is 14.2 Å². The summed E-state index contributed by atoms with van der Waals surface area (Å²) in [6.07, 6.45) is 1.71. The number of methoxy groups -OCH3 is 2. The summed E-state index contributed by atoms with van der Waals surface area (Å²) in [6.45, 7) is 0. The molecule has 0 fully saturated rings. The summed E-state index contributed by atoms with van der Waals surface area (Å²) in [5, 5.41) is 20.7. The normalized spacial score (nSPS) is 22.8. The highest BCUT2D eigenvalue weighted by molar-refractivity contribution is 5.90. The van der Waals surface area contributed by atoms with Crippen molar-refractivity contribution in [1.29, 1.82) is 0 Å². The van der Waals surface area contributed by atoms with E-state index < -0.39 is 23.1 Å². The molecule has 7 heteroatoms. The largest absolute Gasteiger partial charge is 0.507 e. The lowest BCUT2D eigenvalue weighted by atomic mass is 9.82. The second kappa shape index (κ2) is 5.22. The highest BCUT2D eigenvalue weighted by Crippen LogP contribution is 2.37. The number of phenols is 1. The fourth-order valence-electron chi connectivity index (χ4n) is 2.80. The van der Waals surface area contributed by atoms with Crippen molar-refractivity contribution in [2.24, 2.45) is 0 Å². The van der Waals surface area contributed by atoms with Crippen molar-refractivity contribution in [3.8, 4) is 5.75 Å². The number of phenolic OH excluding ortho intramolecular Hbond substituents is 1. The third-order valence-electron chi connectivity index (χ3n) is 3.89. The maximum Gasteiger partial charge on any atom is 0.346 e. The fraction of sp³-hybridized carbons (Fsp3) is 0.250. The Morgan fingerprint density at radius 1 is 1.35 bits per heavy atom. The molecular weight excluding hydrogens is 304 g/mol. The minimum atomic E-state index is -2.37. The first-order valence-corrected chi connectivity index (χ1v) is 6.76. The number of hydrogen-bond donors (Lipinski definition) is 2. The van der Waals surface area contributed by atoms with E-state index in [4.69, 9.17) is 9.15 Å². The van der Waals surface area contributed by atoms with Gasteiger partial charge in [0.05, 0.1) is 12.7 Å². The molecule has 0 aliphatic heterocycles. The Bertz CT molecular complexity index is 880. The van der Waals surface area contributed by atoms with E-state index in [2.05, 4.69) is 4.74 Å². The smallest absolute Gasteiger partial charge is 0.346 e. The molecule has 120 valence electrons. The summed E-state index contributed by atoms with van der Waals surface area (Å²) in [7, 11) is 2.37. The Balaban J connectivity index is 2.44. The Labute approximate surface area is 130 Å². The van der Waals surface area contributed by atoms with Crippen LogP contribution in [0.15, 0.2) is 33.5 Å². The van der Waals surface area contributed by atoms with Gasteiger partial charge in [0.1, 0.15) is 28.6 Å². The molecule has 0 spiro atoms. The molecule has 2 N–H and O–H groups in total. The van der Waals surface area contributed by atoms with E-state index in [1.54, 1.807) is 0 Å². The fourth-order valence-corrected chi connectivity index (χ4v) is 2.80. The standard InChI is InChI=1S/C16H14O7/c1-21-11-7-6-10-13(16(11,20)15(19)22-2)14(18)12-8(17)4-3-5-9(12)23-10/h3-7,11,17,20H,1-2H3. The van der Waals surface area contributed by atoms with E-state index in [0.29, 0.717) is 0 Å². The van der Waals surface area contributed by atoms with Crippen molar-refractivity contribution in [1.82, 2.24) is 0 Å². The van der Waals surface area contributed by atoms with Gasteiger partial charge in [-0.15, -0.1) is 0 Å². The van der Waals surface area contributed by atoms with Crippen molar-refractivity contribution in [3.05, 3.63) is 45.8 Å². The van der Waals surface area contributed by atoms with Crippen molar-refractivity contribution < 1.29 is 28.9 Å². The van der Waals surface area contributed by atoms with Crippen LogP contribution in [0.2, 0.25) is 0 Å². The molecule has 0 saturated heterocycles. The summed E-state index contributed by atoms with van der Waals surface area (Å²) in [5.74, 6) is -1.36. The second-order valence-electron chi connectivity index (χ2n) is 5.09. The number of fused-ring (bicyclic) bond motifs is 2. The van der Waals surface area contributed by atoms with Crippen LogP contribution in [-0.2, 0) is 19.9 Å². The van der Waals surface area contributed by atoms with Crippen LogP contribution >= 0.6 is 0 Å². The van der Waals surface area contributed by atoms with E-state index in [1.807, 2.05) is 0 Å². The zero-order chi connectivity index (χ0) is 16.8. The van der Waals surface area contributed by atoms with Crippen LogP contribution < -0.4 is 5.43 Å². The van der Waals surface area contributed by atoms with Crippen LogP contribution in [0.3, 0.4) is 0 Å². The van der Waals surface area contributed by atoms with Crippen molar-refractivity contribution in [3.63, 3.8) is 0 Å². The van der Waals surface area contributed by atoms with Gasteiger partial charge < -0.3 is 24.1 Å². The van der Waals surface area contributed by atoms with Crippen LogP contribution in [0.5, 0.6) is 5.75 Å². The quantitative estimate of drug-likeness (QED) is 0.792. The van der Waals surface area contributed by atoms with E-state index >= 15 is 0 Å². The molecule has 2 aromatic rings. The number of carbonyl (C=O) groups excluding carboxylic acids is 1. The van der Waals surface area contributed by atoms with Crippen molar-refractivity contribution in [2.45, 2.75) is 11.7 Å². The van der Waals surface area contributed by atoms with Gasteiger partial charge in [0.25, 0.3) is 0 Å². The van der Waals surface area contributed by atoms with Crippen LogP contribution in [0.4, 0.5) is 0 Å². The van der Waals surface area contributed by atoms with Crippen LogP contribution in [0.1, 0.15) is 11.3 Å². The summed E-state index contributed by atoms with van der Waals surface area (Å²) in [5.41, 5.74) is -3.28. The van der Waals surface area contributed by atoms with Gasteiger partial charge in [0.15, 0.2) is 0 Å². The molecular formula is C16H14O7. The van der Waals surface area contributed by atoms with E-state index in [9.17, 15) is 19.8 Å². The average molecular weight is 318 g/mol. The number of aromatic hydroxyl groups is 1. The molecule has 0 amide bonds. The van der Waals surface area contributed by atoms with Crippen LogP contribution in [0.25, 0.3) is 17.0 Å². The molecule has 7 nitrogen and oxygen atoms in total. The predicted octanol–water partition coefficient (Wildman–Crippen LogP) is 0.901. The van der Waals surface area contributed by atoms with Gasteiger partial charge in [-0.1, -0.05) is 6.07 Å². The number of aliphatic hydroxyl groups is 1. The van der Waals surface area contributed by atoms with Gasteiger partial charge in [0, 0.05) is 7.11 Å². The molecule has 0 saturated carbocycles. The lowest BCUT2D eigenvalue weighted by Gasteiger charge is -2.33. The molecule has 2 unspecified atom stereocenters. The lowest BCUT2D eigenvalue weighted by molar-refractivity contribution is -0.176. The molecule has 1 aliphatic rings. The molecule has 1 heterocycles. The Hall–Kier alpha value is -2.64. The van der Waals surface area contributed by atoms with Crippen LogP contribution in [0, 0.1) is 0 Å². The molecule has 1 aromatic heterocycles. The van der Waals surface area contributed by atoms with Crippen molar-refractivity contribution >= 4 is 23.0 Å². The number of esters is 1. The molecule has 1 aliphatic carbocycles. The number of hydrogen-bond acceptors (Lipinski definition) is 7. The highest BCUT2D eigenvalue weighted by Gasteiger charge is 2.52. The number of rotatable bonds is 2. The first-order valence-electron chi connectivity index (χ1n) is 6.76. The summed E-state index contributed by atoms with van der Waals surface area (Å²) in [6, 6.07) is 4.34. The highest BCUT2D eigenvalue weighted by atomic mass is 16.6. The Kier molecular flexibility index (Phi) is 3.46. The minimum Gasteiger partial charge on any atom is -0.507 e. The third kappa shape index (κ3) is 1.97. The van der Waals surface area contributed by atoms with E-state index in [-0.39, 0.29) is 28.0 Å². The van der Waals surface area contributed by atoms with Gasteiger partial charge in [-0.05, 0) is 24.3 Å².